The highest BCUT2D eigenvalue weighted by Crippen LogP contribution is 2.27. The van der Waals surface area contributed by atoms with Crippen LogP contribution >= 0.6 is 0 Å². The number of carbonyl (C=O) groups excluding carboxylic acids is 1. The van der Waals surface area contributed by atoms with Crippen LogP contribution in [0, 0.1) is 0 Å². The number of carbonyl (C=O) groups is 1. The lowest BCUT2D eigenvalue weighted by atomic mass is 10.0. The molecule has 1 aliphatic heterocycles. The first-order valence-electron chi connectivity index (χ1n) is 11.5. The average molecular weight is 441 g/mol. The highest BCUT2D eigenvalue weighted by atomic mass is 16.3. The molecule has 1 fully saturated rings. The van der Waals surface area contributed by atoms with Crippen molar-refractivity contribution in [1.82, 2.24) is 14.7 Å². The van der Waals surface area contributed by atoms with Gasteiger partial charge in [0.05, 0.1) is 24.9 Å². The van der Waals surface area contributed by atoms with Crippen molar-refractivity contribution < 1.29 is 9.21 Å². The summed E-state index contributed by atoms with van der Waals surface area (Å²) in [6.45, 7) is 2.94. The smallest absolute Gasteiger partial charge is 0.229 e. The molecule has 4 aromatic rings. The fraction of sp³-hybridized carbons (Fsp3) is 0.259. The molecule has 2 aromatic carbocycles. The van der Waals surface area contributed by atoms with Crippen molar-refractivity contribution in [1.29, 1.82) is 0 Å². The molecular formula is C27H28N4O2. The summed E-state index contributed by atoms with van der Waals surface area (Å²) >= 11 is 0. The van der Waals surface area contributed by atoms with Gasteiger partial charge in [0.15, 0.2) is 0 Å². The number of piperidine rings is 1. The number of hydrogen-bond acceptors (Lipinski definition) is 4. The van der Waals surface area contributed by atoms with Crippen LogP contribution in [0.1, 0.15) is 30.0 Å². The molecule has 3 heterocycles. The van der Waals surface area contributed by atoms with Gasteiger partial charge >= 0.3 is 0 Å². The second kappa shape index (κ2) is 9.88. The van der Waals surface area contributed by atoms with Crippen LogP contribution in [0.15, 0.2) is 89.7 Å². The summed E-state index contributed by atoms with van der Waals surface area (Å²) in [4.78, 5) is 15.0. The molecule has 6 heteroatoms. The Morgan fingerprint density at radius 3 is 2.45 bits per heavy atom. The summed E-state index contributed by atoms with van der Waals surface area (Å²) in [6.07, 6.45) is 5.85. The largest absolute Gasteiger partial charge is 0.464 e. The van der Waals surface area contributed by atoms with Crippen LogP contribution in [0.3, 0.4) is 0 Å². The van der Waals surface area contributed by atoms with Gasteiger partial charge in [-0.25, -0.2) is 4.68 Å². The van der Waals surface area contributed by atoms with E-state index >= 15 is 0 Å². The molecule has 168 valence electrons. The van der Waals surface area contributed by atoms with Crippen molar-refractivity contribution >= 4 is 11.7 Å². The van der Waals surface area contributed by atoms with Gasteiger partial charge in [0.2, 0.25) is 5.91 Å². The van der Waals surface area contributed by atoms with E-state index in [0.29, 0.717) is 12.5 Å². The predicted molar refractivity (Wildman–Crippen MR) is 129 cm³/mol. The second-order valence-corrected chi connectivity index (χ2v) is 8.55. The van der Waals surface area contributed by atoms with Gasteiger partial charge in [-0.1, -0.05) is 54.6 Å². The first-order valence-corrected chi connectivity index (χ1v) is 11.5. The highest BCUT2D eigenvalue weighted by molar-refractivity contribution is 5.91. The molecule has 0 unspecified atom stereocenters. The van der Waals surface area contributed by atoms with E-state index < -0.39 is 0 Å². The molecular weight excluding hydrogens is 412 g/mol. The minimum absolute atomic E-state index is 0.0154. The Balaban J connectivity index is 1.14. The highest BCUT2D eigenvalue weighted by Gasteiger charge is 2.23. The van der Waals surface area contributed by atoms with E-state index in [1.54, 1.807) is 12.5 Å². The van der Waals surface area contributed by atoms with Crippen LogP contribution in [0.5, 0.6) is 0 Å². The topological polar surface area (TPSA) is 63.3 Å². The van der Waals surface area contributed by atoms with E-state index in [-0.39, 0.29) is 5.91 Å². The zero-order valence-electron chi connectivity index (χ0n) is 18.6. The van der Waals surface area contributed by atoms with Gasteiger partial charge in [0, 0.05) is 31.3 Å². The summed E-state index contributed by atoms with van der Waals surface area (Å²) in [6, 6.07) is 24.5. The number of furan rings is 1. The van der Waals surface area contributed by atoms with E-state index in [4.69, 9.17) is 4.42 Å². The number of aromatic nitrogens is 2. The Kier molecular flexibility index (Phi) is 6.35. The summed E-state index contributed by atoms with van der Waals surface area (Å²) in [5.41, 5.74) is 3.41. The van der Waals surface area contributed by atoms with Crippen molar-refractivity contribution in [2.45, 2.75) is 31.8 Å². The van der Waals surface area contributed by atoms with E-state index in [2.05, 4.69) is 39.6 Å². The third-order valence-corrected chi connectivity index (χ3v) is 6.21. The number of amides is 1. The summed E-state index contributed by atoms with van der Waals surface area (Å²) in [5.74, 6) is 1.66. The molecule has 5 rings (SSSR count). The summed E-state index contributed by atoms with van der Waals surface area (Å²) < 4.78 is 7.46. The summed E-state index contributed by atoms with van der Waals surface area (Å²) in [5, 5.41) is 7.56. The lowest BCUT2D eigenvalue weighted by molar-refractivity contribution is -0.115. The normalized spacial score (nSPS) is 14.9. The molecule has 0 radical (unpaired) electrons. The van der Waals surface area contributed by atoms with Gasteiger partial charge in [-0.15, -0.1) is 0 Å². The van der Waals surface area contributed by atoms with Crippen molar-refractivity contribution in [2.24, 2.45) is 0 Å². The Morgan fingerprint density at radius 1 is 0.939 bits per heavy atom. The third kappa shape index (κ3) is 5.23. The zero-order chi connectivity index (χ0) is 22.5. The maximum absolute atomic E-state index is 12.5. The maximum atomic E-state index is 12.5. The fourth-order valence-electron chi connectivity index (χ4n) is 4.47. The number of hydrogen-bond donors (Lipinski definition) is 1. The van der Waals surface area contributed by atoms with Gasteiger partial charge < -0.3 is 9.73 Å². The summed E-state index contributed by atoms with van der Waals surface area (Å²) in [7, 11) is 0. The van der Waals surface area contributed by atoms with Crippen molar-refractivity contribution in [3.63, 3.8) is 0 Å². The van der Waals surface area contributed by atoms with Crippen LogP contribution in [0.25, 0.3) is 11.3 Å². The lowest BCUT2D eigenvalue weighted by Crippen LogP contribution is -2.35. The molecule has 0 spiro atoms. The number of anilines is 1. The first-order chi connectivity index (χ1) is 16.2. The van der Waals surface area contributed by atoms with Gasteiger partial charge in [-0.05, 0) is 36.1 Å². The number of benzene rings is 2. The van der Waals surface area contributed by atoms with Crippen molar-refractivity contribution in [3.8, 4) is 11.3 Å². The van der Waals surface area contributed by atoms with Crippen LogP contribution in [-0.2, 0) is 17.8 Å². The molecule has 1 aliphatic rings. The van der Waals surface area contributed by atoms with Crippen LogP contribution in [0.4, 0.5) is 5.82 Å². The molecule has 1 amide bonds. The van der Waals surface area contributed by atoms with Gasteiger partial charge in [-0.2, -0.15) is 5.10 Å². The second-order valence-electron chi connectivity index (χ2n) is 8.55. The molecule has 1 N–H and O–H groups in total. The molecule has 0 saturated carbocycles. The standard InChI is InChI=1S/C27H28N4O2/c32-27(19-21-5-2-1-3-6-21)29-26-12-15-28-31(26)24-13-16-30(17-14-24)20-22-8-10-23(11-9-22)25-7-4-18-33-25/h1-12,15,18,24H,13-14,16-17,19-20H2,(H,29,32). The van der Waals surface area contributed by atoms with Gasteiger partial charge in [0.1, 0.15) is 11.6 Å². The molecule has 0 aliphatic carbocycles. The van der Waals surface area contributed by atoms with Gasteiger partial charge in [-0.3, -0.25) is 9.69 Å². The molecule has 33 heavy (non-hydrogen) atoms. The van der Waals surface area contributed by atoms with Crippen LogP contribution < -0.4 is 5.32 Å². The molecule has 0 bridgehead atoms. The number of nitrogens with one attached hydrogen (secondary N) is 1. The predicted octanol–water partition coefficient (Wildman–Crippen LogP) is 5.16. The number of rotatable bonds is 7. The van der Waals surface area contributed by atoms with E-state index in [0.717, 1.165) is 55.2 Å². The quantitative estimate of drug-likeness (QED) is 0.431. The Morgan fingerprint density at radius 2 is 1.73 bits per heavy atom. The SMILES string of the molecule is O=C(Cc1ccccc1)Nc1ccnn1C1CCN(Cc2ccc(-c3ccco3)cc2)CC1. The monoisotopic (exact) mass is 440 g/mol. The van der Waals surface area contributed by atoms with E-state index in [1.807, 2.05) is 53.2 Å². The lowest BCUT2D eigenvalue weighted by Gasteiger charge is -2.32. The van der Waals surface area contributed by atoms with Crippen LogP contribution in [-0.4, -0.2) is 33.7 Å². The molecule has 0 atom stereocenters. The molecule has 1 saturated heterocycles. The Labute approximate surface area is 193 Å². The number of likely N-dealkylation sites (tertiary alicyclic amines) is 1. The Bertz CT molecular complexity index is 1160. The Hall–Kier alpha value is -3.64. The van der Waals surface area contributed by atoms with Gasteiger partial charge in [0.25, 0.3) is 0 Å². The minimum Gasteiger partial charge on any atom is -0.464 e. The maximum Gasteiger partial charge on any atom is 0.229 e. The average Bonchev–Trinajstić information content (AvgIpc) is 3.53. The van der Waals surface area contributed by atoms with E-state index in [1.165, 1.54) is 5.56 Å². The number of nitrogens with zero attached hydrogens (tertiary/aromatic N) is 3. The molecule has 2 aromatic heterocycles. The third-order valence-electron chi connectivity index (χ3n) is 6.21. The minimum atomic E-state index is -0.0154. The zero-order valence-corrected chi connectivity index (χ0v) is 18.6. The van der Waals surface area contributed by atoms with Crippen molar-refractivity contribution in [3.05, 3.63) is 96.4 Å². The van der Waals surface area contributed by atoms with Crippen molar-refractivity contribution in [2.75, 3.05) is 18.4 Å². The first kappa shape index (κ1) is 21.2. The van der Waals surface area contributed by atoms with E-state index in [9.17, 15) is 4.79 Å². The molecule has 6 nitrogen and oxygen atoms in total. The van der Waals surface area contributed by atoms with Crippen LogP contribution in [0.2, 0.25) is 0 Å². The fourth-order valence-corrected chi connectivity index (χ4v) is 4.47.